The van der Waals surface area contributed by atoms with Gasteiger partial charge in [-0.3, -0.25) is 9.59 Å². The van der Waals surface area contributed by atoms with Gasteiger partial charge in [0.25, 0.3) is 0 Å². The maximum atomic E-state index is 14.0. The molecule has 1 amide bonds. The number of halogens is 4. The Hall–Kier alpha value is -3.94. The number of nitrogens with zero attached hydrogens (tertiary/aromatic N) is 2. The minimum atomic E-state index is -3.14. The molecule has 230 valence electrons. The van der Waals surface area contributed by atoms with Gasteiger partial charge in [-0.1, -0.05) is 22.9 Å². The Morgan fingerprint density at radius 2 is 2.00 bits per heavy atom. The van der Waals surface area contributed by atoms with Crippen molar-refractivity contribution in [1.29, 1.82) is 0 Å². The van der Waals surface area contributed by atoms with Crippen LogP contribution in [-0.4, -0.2) is 40.0 Å². The summed E-state index contributed by atoms with van der Waals surface area (Å²) in [6.07, 6.45) is 1.06. The van der Waals surface area contributed by atoms with Gasteiger partial charge in [0, 0.05) is 23.1 Å². The Labute approximate surface area is 257 Å². The van der Waals surface area contributed by atoms with E-state index in [9.17, 15) is 27.9 Å². The van der Waals surface area contributed by atoms with Crippen LogP contribution in [0.2, 0.25) is 5.02 Å². The molecule has 9 nitrogen and oxygen atoms in total. The standard InChI is InChI=1S/C30H26ClF3N4O5S/c1-29(26(35)40)12-42-25-16(29)11-22(37-23(25)13-2-5-18(32)17(31)8-13)30(41,15-3-4-15)7-6-19(39)14-9-20(43-27(33)34)24-21(10-14)44-28(36)38-24/h2,5,8-11,15,27,41H,3-4,6-7,12H2,1H3,(H2,35,40)(H2,36,38)/t29-,30+/m0/s1. The van der Waals surface area contributed by atoms with Crippen LogP contribution in [0.25, 0.3) is 21.5 Å². The van der Waals surface area contributed by atoms with Gasteiger partial charge >= 0.3 is 6.61 Å². The molecule has 0 bridgehead atoms. The third-order valence-corrected chi connectivity index (χ3v) is 9.37. The first-order valence-electron chi connectivity index (χ1n) is 13.6. The normalized spacial score (nSPS) is 19.1. The van der Waals surface area contributed by atoms with Gasteiger partial charge in [0.2, 0.25) is 5.91 Å². The van der Waals surface area contributed by atoms with E-state index in [0.717, 1.165) is 11.3 Å². The van der Waals surface area contributed by atoms with E-state index >= 15 is 0 Å². The molecule has 0 radical (unpaired) electrons. The van der Waals surface area contributed by atoms with Crippen molar-refractivity contribution in [2.75, 3.05) is 12.3 Å². The monoisotopic (exact) mass is 646 g/mol. The summed E-state index contributed by atoms with van der Waals surface area (Å²) in [6, 6.07) is 8.26. The molecular weight excluding hydrogens is 621 g/mol. The maximum Gasteiger partial charge on any atom is 0.387 e. The van der Waals surface area contributed by atoms with Crippen molar-refractivity contribution in [2.45, 2.75) is 50.2 Å². The summed E-state index contributed by atoms with van der Waals surface area (Å²) >= 11 is 7.09. The van der Waals surface area contributed by atoms with E-state index < -0.39 is 35.1 Å². The summed E-state index contributed by atoms with van der Waals surface area (Å²) in [6.45, 7) is -1.59. The van der Waals surface area contributed by atoms with Crippen LogP contribution < -0.4 is 20.9 Å². The number of amides is 1. The molecule has 0 saturated heterocycles. The molecule has 1 aliphatic heterocycles. The van der Waals surface area contributed by atoms with Crippen LogP contribution >= 0.6 is 22.9 Å². The van der Waals surface area contributed by atoms with Crippen molar-refractivity contribution in [3.63, 3.8) is 0 Å². The zero-order chi connectivity index (χ0) is 31.6. The number of fused-ring (bicyclic) bond motifs is 2. The quantitative estimate of drug-likeness (QED) is 0.185. The number of rotatable bonds is 10. The lowest BCUT2D eigenvalue weighted by Crippen LogP contribution is -2.40. The van der Waals surface area contributed by atoms with E-state index in [4.69, 9.17) is 32.8 Å². The van der Waals surface area contributed by atoms with Crippen LogP contribution in [-0.2, 0) is 15.8 Å². The molecule has 3 heterocycles. The summed E-state index contributed by atoms with van der Waals surface area (Å²) in [7, 11) is 0. The fraction of sp³-hybridized carbons (Fsp3) is 0.333. The van der Waals surface area contributed by atoms with E-state index in [0.29, 0.717) is 28.7 Å². The van der Waals surface area contributed by atoms with Crippen molar-refractivity contribution in [3.8, 4) is 22.8 Å². The molecule has 14 heteroatoms. The number of hydrogen-bond donors (Lipinski definition) is 3. The molecule has 1 saturated carbocycles. The Morgan fingerprint density at radius 3 is 2.66 bits per heavy atom. The largest absolute Gasteiger partial charge is 0.489 e. The number of nitrogens with two attached hydrogens (primary N) is 2. The van der Waals surface area contributed by atoms with E-state index in [1.165, 1.54) is 30.3 Å². The number of ether oxygens (including phenoxy) is 2. The second-order valence-corrected chi connectivity index (χ2v) is 12.7. The average Bonchev–Trinajstić information content (AvgIpc) is 3.68. The zero-order valence-electron chi connectivity index (χ0n) is 23.2. The van der Waals surface area contributed by atoms with Crippen LogP contribution in [0.15, 0.2) is 36.4 Å². The van der Waals surface area contributed by atoms with Crippen molar-refractivity contribution >= 4 is 50.0 Å². The number of aliphatic hydroxyl groups is 1. The first-order valence-corrected chi connectivity index (χ1v) is 14.8. The van der Waals surface area contributed by atoms with Gasteiger partial charge < -0.3 is 26.0 Å². The molecule has 44 heavy (non-hydrogen) atoms. The molecule has 1 aliphatic carbocycles. The second-order valence-electron chi connectivity index (χ2n) is 11.2. The first-order chi connectivity index (χ1) is 20.8. The van der Waals surface area contributed by atoms with Crippen molar-refractivity contribution in [2.24, 2.45) is 11.7 Å². The number of ketones is 1. The zero-order valence-corrected chi connectivity index (χ0v) is 24.8. The van der Waals surface area contributed by atoms with Crippen LogP contribution in [0.5, 0.6) is 11.5 Å². The fourth-order valence-electron chi connectivity index (χ4n) is 5.56. The van der Waals surface area contributed by atoms with Gasteiger partial charge in [0.15, 0.2) is 16.7 Å². The van der Waals surface area contributed by atoms with E-state index in [1.807, 2.05) is 0 Å². The number of pyridine rings is 1. The number of carbonyl (C=O) groups excluding carboxylic acids is 2. The van der Waals surface area contributed by atoms with Crippen molar-refractivity contribution in [3.05, 3.63) is 64.1 Å². The Balaban J connectivity index is 1.39. The number of hydrogen-bond acceptors (Lipinski definition) is 9. The second kappa shape index (κ2) is 10.9. The lowest BCUT2D eigenvalue weighted by atomic mass is 9.80. The molecule has 2 aliphatic rings. The molecule has 2 aromatic carbocycles. The van der Waals surface area contributed by atoms with Crippen molar-refractivity contribution < 1.29 is 37.3 Å². The van der Waals surface area contributed by atoms with Crippen molar-refractivity contribution in [1.82, 2.24) is 9.97 Å². The van der Waals surface area contributed by atoms with E-state index in [1.54, 1.807) is 13.0 Å². The molecule has 1 fully saturated rings. The van der Waals surface area contributed by atoms with E-state index in [2.05, 4.69) is 9.72 Å². The Kier molecular flexibility index (Phi) is 7.45. The number of carbonyl (C=O) groups is 2. The SMILES string of the molecule is C[C@]1(C(N)=O)COc2c1cc([C@@](O)(CCC(=O)c1cc(OC(F)F)c3nc(N)sc3c1)C1CC1)nc2-c1ccc(F)c(Cl)c1. The number of nitrogen functional groups attached to an aromatic ring is 1. The number of primary amides is 1. The summed E-state index contributed by atoms with van der Waals surface area (Å²) in [5.41, 5.74) is 10.1. The van der Waals surface area contributed by atoms with Gasteiger partial charge in [0.1, 0.15) is 40.4 Å². The van der Waals surface area contributed by atoms with Gasteiger partial charge in [-0.25, -0.2) is 14.4 Å². The van der Waals surface area contributed by atoms with Gasteiger partial charge in [-0.15, -0.1) is 0 Å². The molecule has 2 aromatic heterocycles. The first kappa shape index (κ1) is 30.1. The summed E-state index contributed by atoms with van der Waals surface area (Å²) in [5.74, 6) is -2.00. The lowest BCUT2D eigenvalue weighted by molar-refractivity contribution is -0.123. The Morgan fingerprint density at radius 1 is 1.25 bits per heavy atom. The molecule has 0 spiro atoms. The number of aromatic nitrogens is 2. The third kappa shape index (κ3) is 5.22. The lowest BCUT2D eigenvalue weighted by Gasteiger charge is -2.29. The molecule has 2 atom stereocenters. The number of thiazole rings is 1. The highest BCUT2D eigenvalue weighted by molar-refractivity contribution is 7.22. The van der Waals surface area contributed by atoms with Gasteiger partial charge in [-0.05, 0) is 68.5 Å². The third-order valence-electron chi connectivity index (χ3n) is 8.25. The number of alkyl halides is 2. The number of Topliss-reactive ketones (excluding diaryl/α,β-unsaturated/α-hetero) is 1. The predicted octanol–water partition coefficient (Wildman–Crippen LogP) is 5.73. The molecule has 5 N–H and O–H groups in total. The van der Waals surface area contributed by atoms with E-state index in [-0.39, 0.29) is 69.5 Å². The number of anilines is 1. The maximum absolute atomic E-state index is 14.0. The van der Waals surface area contributed by atoms with Crippen LogP contribution in [0, 0.1) is 11.7 Å². The van der Waals surface area contributed by atoms with Crippen LogP contribution in [0.4, 0.5) is 18.3 Å². The highest BCUT2D eigenvalue weighted by atomic mass is 35.5. The molecule has 6 rings (SSSR count). The minimum absolute atomic E-state index is 0.0708. The molecular formula is C30H26ClF3N4O5S. The topological polar surface area (TPSA) is 151 Å². The minimum Gasteiger partial charge on any atom is -0.489 e. The van der Waals surface area contributed by atoms with Crippen LogP contribution in [0.1, 0.15) is 54.2 Å². The highest BCUT2D eigenvalue weighted by Gasteiger charge is 2.49. The molecule has 0 unspecified atom stereocenters. The highest BCUT2D eigenvalue weighted by Crippen LogP contribution is 2.52. The van der Waals surface area contributed by atoms with Gasteiger partial charge in [0.05, 0.1) is 15.4 Å². The Bertz CT molecular complexity index is 1830. The molecule has 4 aromatic rings. The summed E-state index contributed by atoms with van der Waals surface area (Å²) < 4.78 is 51.1. The summed E-state index contributed by atoms with van der Waals surface area (Å²) in [5, 5.41) is 12.1. The smallest absolute Gasteiger partial charge is 0.387 e. The fourth-order valence-corrected chi connectivity index (χ4v) is 6.53. The van der Waals surface area contributed by atoms with Gasteiger partial charge in [-0.2, -0.15) is 8.78 Å². The van der Waals surface area contributed by atoms with Crippen LogP contribution in [0.3, 0.4) is 0 Å². The number of benzene rings is 2. The average molecular weight is 647 g/mol. The predicted molar refractivity (Wildman–Crippen MR) is 158 cm³/mol. The summed E-state index contributed by atoms with van der Waals surface area (Å²) in [4.78, 5) is 34.8.